The predicted octanol–water partition coefficient (Wildman–Crippen LogP) is 5.21. The van der Waals surface area contributed by atoms with E-state index in [1.165, 1.54) is 16.9 Å². The third-order valence-corrected chi connectivity index (χ3v) is 5.53. The van der Waals surface area contributed by atoms with E-state index < -0.39 is 0 Å². The molecule has 3 N–H and O–H groups in total. The van der Waals surface area contributed by atoms with E-state index in [0.717, 1.165) is 16.3 Å². The number of amides is 3. The number of urea groups is 1. The van der Waals surface area contributed by atoms with Gasteiger partial charge in [0, 0.05) is 22.3 Å². The number of furan rings is 1. The summed E-state index contributed by atoms with van der Waals surface area (Å²) in [7, 11) is 0. The highest BCUT2D eigenvalue weighted by atomic mass is 32.1. The molecular formula is C24H22N4O3S. The summed E-state index contributed by atoms with van der Waals surface area (Å²) < 4.78 is 5.17. The minimum absolute atomic E-state index is 0.150. The van der Waals surface area contributed by atoms with E-state index in [4.69, 9.17) is 4.42 Å². The Hall–Kier alpha value is -3.91. The Morgan fingerprint density at radius 1 is 1.00 bits per heavy atom. The van der Waals surface area contributed by atoms with Crippen molar-refractivity contribution >= 4 is 34.6 Å². The Balaban J connectivity index is 1.27. The predicted molar refractivity (Wildman–Crippen MR) is 126 cm³/mol. The Labute approximate surface area is 189 Å². The standard InChI is InChI=1S/C24H22N4O3S/c1-16-4-2-5-17(12-16)23-27-20(15-32-23)13-22(29)26-18-7-9-19(10-8-18)28-24(30)25-14-21-6-3-11-31-21/h2-12,15H,13-14H2,1H3,(H,26,29)(H2,25,28,30). The summed E-state index contributed by atoms with van der Waals surface area (Å²) >= 11 is 1.53. The molecule has 0 fully saturated rings. The smallest absolute Gasteiger partial charge is 0.319 e. The van der Waals surface area contributed by atoms with Crippen molar-refractivity contribution in [2.24, 2.45) is 0 Å². The number of hydrogen-bond donors (Lipinski definition) is 3. The van der Waals surface area contributed by atoms with Crippen LogP contribution in [0, 0.1) is 6.92 Å². The average Bonchev–Trinajstić information content (AvgIpc) is 3.46. The maximum absolute atomic E-state index is 12.4. The normalized spacial score (nSPS) is 10.5. The van der Waals surface area contributed by atoms with Crippen LogP contribution in [0.25, 0.3) is 10.6 Å². The maximum Gasteiger partial charge on any atom is 0.319 e. The lowest BCUT2D eigenvalue weighted by atomic mass is 10.1. The fourth-order valence-electron chi connectivity index (χ4n) is 3.06. The monoisotopic (exact) mass is 446 g/mol. The molecule has 2 heterocycles. The molecule has 0 unspecified atom stereocenters. The van der Waals surface area contributed by atoms with Crippen LogP contribution in [0.1, 0.15) is 17.0 Å². The minimum atomic E-state index is -0.342. The summed E-state index contributed by atoms with van der Waals surface area (Å²) in [5.74, 6) is 0.521. The first-order valence-electron chi connectivity index (χ1n) is 10.0. The second-order valence-corrected chi connectivity index (χ2v) is 8.06. The second-order valence-electron chi connectivity index (χ2n) is 7.20. The molecule has 0 spiro atoms. The van der Waals surface area contributed by atoms with Crippen molar-refractivity contribution in [3.05, 3.63) is 89.3 Å². The van der Waals surface area contributed by atoms with Crippen LogP contribution >= 0.6 is 11.3 Å². The first-order chi connectivity index (χ1) is 15.5. The van der Waals surface area contributed by atoms with E-state index in [0.29, 0.717) is 23.7 Å². The van der Waals surface area contributed by atoms with Crippen molar-refractivity contribution in [3.63, 3.8) is 0 Å². The molecule has 32 heavy (non-hydrogen) atoms. The molecule has 0 aliphatic heterocycles. The van der Waals surface area contributed by atoms with Crippen molar-refractivity contribution < 1.29 is 14.0 Å². The van der Waals surface area contributed by atoms with Crippen LogP contribution in [0.15, 0.2) is 76.7 Å². The van der Waals surface area contributed by atoms with Gasteiger partial charge in [0.05, 0.1) is 24.9 Å². The third-order valence-electron chi connectivity index (χ3n) is 4.59. The molecule has 7 nitrogen and oxygen atoms in total. The molecule has 0 atom stereocenters. The van der Waals surface area contributed by atoms with Gasteiger partial charge >= 0.3 is 6.03 Å². The molecule has 3 amide bonds. The molecule has 0 saturated carbocycles. The minimum Gasteiger partial charge on any atom is -0.467 e. The number of thiazole rings is 1. The summed E-state index contributed by atoms with van der Waals surface area (Å²) in [6.07, 6.45) is 1.75. The Morgan fingerprint density at radius 3 is 2.50 bits per heavy atom. The Morgan fingerprint density at radius 2 is 1.78 bits per heavy atom. The van der Waals surface area contributed by atoms with Crippen molar-refractivity contribution in [1.82, 2.24) is 10.3 Å². The second kappa shape index (κ2) is 9.93. The van der Waals surface area contributed by atoms with Crippen LogP contribution in [0.5, 0.6) is 0 Å². The first kappa shape index (κ1) is 21.3. The zero-order valence-electron chi connectivity index (χ0n) is 17.4. The van der Waals surface area contributed by atoms with E-state index in [1.54, 1.807) is 42.7 Å². The third kappa shape index (κ3) is 5.83. The van der Waals surface area contributed by atoms with Gasteiger partial charge in [0.2, 0.25) is 5.91 Å². The van der Waals surface area contributed by atoms with Crippen molar-refractivity contribution in [2.45, 2.75) is 19.9 Å². The van der Waals surface area contributed by atoms with Gasteiger partial charge in [-0.3, -0.25) is 4.79 Å². The molecule has 0 aliphatic carbocycles. The lowest BCUT2D eigenvalue weighted by Crippen LogP contribution is -2.27. The number of nitrogens with one attached hydrogen (secondary N) is 3. The average molecular weight is 447 g/mol. The number of hydrogen-bond acceptors (Lipinski definition) is 5. The van der Waals surface area contributed by atoms with E-state index in [1.807, 2.05) is 30.5 Å². The van der Waals surface area contributed by atoms with Crippen molar-refractivity contribution in [1.29, 1.82) is 0 Å². The van der Waals surface area contributed by atoms with Crippen molar-refractivity contribution in [2.75, 3.05) is 10.6 Å². The highest BCUT2D eigenvalue weighted by molar-refractivity contribution is 7.13. The summed E-state index contributed by atoms with van der Waals surface area (Å²) in [6, 6.07) is 18.3. The van der Waals surface area contributed by atoms with Crippen LogP contribution in [-0.4, -0.2) is 16.9 Å². The zero-order valence-corrected chi connectivity index (χ0v) is 18.2. The van der Waals surface area contributed by atoms with Gasteiger partial charge in [0.15, 0.2) is 0 Å². The van der Waals surface area contributed by atoms with Crippen LogP contribution in [-0.2, 0) is 17.8 Å². The van der Waals surface area contributed by atoms with E-state index in [-0.39, 0.29) is 18.4 Å². The largest absolute Gasteiger partial charge is 0.467 e. The topological polar surface area (TPSA) is 96.3 Å². The molecule has 4 aromatic rings. The molecule has 2 aromatic heterocycles. The molecule has 0 aliphatic rings. The number of aryl methyl sites for hydroxylation is 1. The van der Waals surface area contributed by atoms with Crippen LogP contribution < -0.4 is 16.0 Å². The molecule has 162 valence electrons. The molecule has 8 heteroatoms. The van der Waals surface area contributed by atoms with Gasteiger partial charge in [-0.05, 0) is 49.4 Å². The fraction of sp³-hybridized carbons (Fsp3) is 0.125. The Bertz CT molecular complexity index is 1200. The van der Waals surface area contributed by atoms with Crippen LogP contribution in [0.4, 0.5) is 16.2 Å². The number of carbonyl (C=O) groups excluding carboxylic acids is 2. The first-order valence-corrected chi connectivity index (χ1v) is 10.9. The van der Waals surface area contributed by atoms with Gasteiger partial charge in [-0.25, -0.2) is 9.78 Å². The number of rotatable bonds is 7. The van der Waals surface area contributed by atoms with Gasteiger partial charge in [-0.1, -0.05) is 23.8 Å². The van der Waals surface area contributed by atoms with E-state index in [9.17, 15) is 9.59 Å². The molecule has 4 rings (SSSR count). The maximum atomic E-state index is 12.4. The quantitative estimate of drug-likeness (QED) is 0.363. The van der Waals surface area contributed by atoms with Gasteiger partial charge in [-0.15, -0.1) is 11.3 Å². The molecule has 2 aromatic carbocycles. The number of aromatic nitrogens is 1. The molecular weight excluding hydrogens is 424 g/mol. The lowest BCUT2D eigenvalue weighted by molar-refractivity contribution is -0.115. The highest BCUT2D eigenvalue weighted by Crippen LogP contribution is 2.24. The van der Waals surface area contributed by atoms with Gasteiger partial charge < -0.3 is 20.4 Å². The van der Waals surface area contributed by atoms with Gasteiger partial charge in [-0.2, -0.15) is 0 Å². The van der Waals surface area contributed by atoms with Crippen LogP contribution in [0.2, 0.25) is 0 Å². The fourth-order valence-corrected chi connectivity index (χ4v) is 3.88. The van der Waals surface area contributed by atoms with Crippen molar-refractivity contribution in [3.8, 4) is 10.6 Å². The Kier molecular flexibility index (Phi) is 6.62. The van der Waals surface area contributed by atoms with E-state index in [2.05, 4.69) is 27.0 Å². The van der Waals surface area contributed by atoms with Crippen LogP contribution in [0.3, 0.4) is 0 Å². The molecule has 0 bridgehead atoms. The van der Waals surface area contributed by atoms with Gasteiger partial charge in [0.25, 0.3) is 0 Å². The lowest BCUT2D eigenvalue weighted by Gasteiger charge is -2.08. The zero-order chi connectivity index (χ0) is 22.3. The SMILES string of the molecule is Cc1cccc(-c2nc(CC(=O)Nc3ccc(NC(=O)NCc4ccco4)cc3)cs2)c1. The summed E-state index contributed by atoms with van der Waals surface area (Å²) in [5.41, 5.74) is 4.21. The summed E-state index contributed by atoms with van der Waals surface area (Å²) in [4.78, 5) is 28.9. The highest BCUT2D eigenvalue weighted by Gasteiger charge is 2.10. The molecule has 0 saturated heterocycles. The molecule has 0 radical (unpaired) electrons. The number of anilines is 2. The van der Waals surface area contributed by atoms with E-state index >= 15 is 0 Å². The van der Waals surface area contributed by atoms with Gasteiger partial charge in [0.1, 0.15) is 10.8 Å². The summed E-state index contributed by atoms with van der Waals surface area (Å²) in [5, 5.41) is 11.1. The number of nitrogens with zero attached hydrogens (tertiary/aromatic N) is 1. The number of benzene rings is 2. The number of carbonyl (C=O) groups is 2. The summed E-state index contributed by atoms with van der Waals surface area (Å²) in [6.45, 7) is 2.34.